The monoisotopic (exact) mass is 430 g/mol. The summed E-state index contributed by atoms with van der Waals surface area (Å²) < 4.78 is 18.6. The highest BCUT2D eigenvalue weighted by molar-refractivity contribution is 6.46. The van der Waals surface area contributed by atoms with Crippen LogP contribution in [-0.2, 0) is 14.3 Å². The Morgan fingerprint density at radius 2 is 1.74 bits per heavy atom. The number of nitro groups is 1. The molecule has 0 aromatic heterocycles. The first kappa shape index (κ1) is 22.1. The van der Waals surface area contributed by atoms with E-state index in [-0.39, 0.29) is 43.2 Å². The molecule has 162 valence electrons. The number of ether oxygens (including phenoxy) is 1. The number of halogens is 1. The zero-order chi connectivity index (χ0) is 22.5. The summed E-state index contributed by atoms with van der Waals surface area (Å²) in [5.41, 5.74) is 0.0965. The van der Waals surface area contributed by atoms with Crippen LogP contribution < -0.4 is 0 Å². The summed E-state index contributed by atoms with van der Waals surface area (Å²) in [7, 11) is 0. The van der Waals surface area contributed by atoms with E-state index < -0.39 is 34.2 Å². The minimum Gasteiger partial charge on any atom is -0.507 e. The van der Waals surface area contributed by atoms with Crippen molar-refractivity contribution in [2.24, 2.45) is 0 Å². The van der Waals surface area contributed by atoms with Gasteiger partial charge in [0.2, 0.25) is 0 Å². The third kappa shape index (κ3) is 4.60. The van der Waals surface area contributed by atoms with Gasteiger partial charge >= 0.3 is 0 Å². The number of hydrogen-bond donors (Lipinski definition) is 2. The van der Waals surface area contributed by atoms with Crippen LogP contribution in [0.3, 0.4) is 0 Å². The molecule has 1 amide bonds. The summed E-state index contributed by atoms with van der Waals surface area (Å²) in [6.45, 7) is -0.138. The van der Waals surface area contributed by atoms with E-state index in [1.165, 1.54) is 53.4 Å². The Kier molecular flexibility index (Phi) is 6.73. The minimum atomic E-state index is -1.01. The van der Waals surface area contributed by atoms with Gasteiger partial charge in [0.25, 0.3) is 17.4 Å². The van der Waals surface area contributed by atoms with Crippen LogP contribution >= 0.6 is 0 Å². The molecule has 0 saturated carbocycles. The van der Waals surface area contributed by atoms with Gasteiger partial charge in [0.05, 0.1) is 36.4 Å². The number of rotatable bonds is 8. The van der Waals surface area contributed by atoms with Crippen LogP contribution in [-0.4, -0.2) is 58.1 Å². The van der Waals surface area contributed by atoms with E-state index >= 15 is 0 Å². The molecule has 9 nitrogen and oxygen atoms in total. The quantitative estimate of drug-likeness (QED) is 0.164. The van der Waals surface area contributed by atoms with Crippen LogP contribution in [0, 0.1) is 15.9 Å². The number of non-ortho nitro benzene ring substituents is 1. The minimum absolute atomic E-state index is 0.0103. The number of benzene rings is 2. The lowest BCUT2D eigenvalue weighted by atomic mass is 9.95. The van der Waals surface area contributed by atoms with Crippen LogP contribution in [0.2, 0.25) is 0 Å². The van der Waals surface area contributed by atoms with Crippen molar-refractivity contribution in [2.45, 2.75) is 6.04 Å². The molecule has 2 N–H and O–H groups in total. The van der Waals surface area contributed by atoms with Gasteiger partial charge in [-0.1, -0.05) is 12.1 Å². The number of nitrogens with zero attached hydrogens (tertiary/aromatic N) is 2. The number of likely N-dealkylation sites (tertiary alicyclic amines) is 1. The fourth-order valence-electron chi connectivity index (χ4n) is 3.33. The molecule has 0 unspecified atom stereocenters. The summed E-state index contributed by atoms with van der Waals surface area (Å²) in [5, 5.41) is 30.5. The highest BCUT2D eigenvalue weighted by Crippen LogP contribution is 2.39. The van der Waals surface area contributed by atoms with Gasteiger partial charge in [-0.15, -0.1) is 0 Å². The SMILES string of the molecule is O=C1C(=O)N(CCOCCO)[C@@H](c2ccc(F)cc2)C1=C(O)c1ccc([N+](=O)[O-])cc1. The predicted molar refractivity (Wildman–Crippen MR) is 106 cm³/mol. The van der Waals surface area contributed by atoms with Gasteiger partial charge in [0, 0.05) is 24.2 Å². The normalized spacial score (nSPS) is 17.9. The van der Waals surface area contributed by atoms with E-state index in [0.29, 0.717) is 5.56 Å². The summed E-state index contributed by atoms with van der Waals surface area (Å²) in [4.78, 5) is 36.9. The number of amides is 1. The molecule has 1 saturated heterocycles. The Labute approximate surface area is 176 Å². The highest BCUT2D eigenvalue weighted by Gasteiger charge is 2.45. The lowest BCUT2D eigenvalue weighted by Gasteiger charge is -2.25. The van der Waals surface area contributed by atoms with Crippen molar-refractivity contribution in [3.8, 4) is 0 Å². The number of carbonyl (C=O) groups is 2. The smallest absolute Gasteiger partial charge is 0.295 e. The molecule has 0 bridgehead atoms. The molecule has 1 heterocycles. The van der Waals surface area contributed by atoms with Crippen molar-refractivity contribution in [3.05, 3.63) is 81.2 Å². The number of hydrogen-bond acceptors (Lipinski definition) is 7. The van der Waals surface area contributed by atoms with E-state index in [0.717, 1.165) is 0 Å². The lowest BCUT2D eigenvalue weighted by molar-refractivity contribution is -0.384. The largest absolute Gasteiger partial charge is 0.507 e. The van der Waals surface area contributed by atoms with Crippen LogP contribution in [0.15, 0.2) is 54.1 Å². The lowest BCUT2D eigenvalue weighted by Crippen LogP contribution is -2.33. The maximum atomic E-state index is 13.4. The van der Waals surface area contributed by atoms with E-state index in [4.69, 9.17) is 9.84 Å². The number of carbonyl (C=O) groups excluding carboxylic acids is 2. The standard InChI is InChI=1S/C21H19FN2O7/c22-15-5-1-13(2-6-15)18-17(19(26)14-3-7-16(8-4-14)24(29)30)20(27)21(28)23(18)9-11-31-12-10-25/h1-8,18,25-26H,9-12H2/t18-/m0/s1. The van der Waals surface area contributed by atoms with Crippen molar-refractivity contribution >= 4 is 23.1 Å². The second kappa shape index (κ2) is 9.45. The van der Waals surface area contributed by atoms with E-state index in [1.54, 1.807) is 0 Å². The first-order chi connectivity index (χ1) is 14.8. The summed E-state index contributed by atoms with van der Waals surface area (Å²) >= 11 is 0. The summed E-state index contributed by atoms with van der Waals surface area (Å²) in [6.07, 6.45) is 0. The van der Waals surface area contributed by atoms with Crippen LogP contribution in [0.4, 0.5) is 10.1 Å². The predicted octanol–water partition coefficient (Wildman–Crippen LogP) is 2.16. The Morgan fingerprint density at radius 3 is 2.32 bits per heavy atom. The van der Waals surface area contributed by atoms with Crippen molar-refractivity contribution in [1.82, 2.24) is 4.90 Å². The molecule has 3 rings (SSSR count). The number of aliphatic hydroxyl groups excluding tert-OH is 2. The Morgan fingerprint density at radius 1 is 1.10 bits per heavy atom. The maximum absolute atomic E-state index is 13.4. The van der Waals surface area contributed by atoms with E-state index in [2.05, 4.69) is 0 Å². The van der Waals surface area contributed by atoms with Crippen molar-refractivity contribution in [2.75, 3.05) is 26.4 Å². The Hall–Kier alpha value is -3.63. The molecular weight excluding hydrogens is 411 g/mol. The molecule has 10 heteroatoms. The van der Waals surface area contributed by atoms with Gasteiger partial charge in [0.1, 0.15) is 11.6 Å². The van der Waals surface area contributed by atoms with E-state index in [1.807, 2.05) is 0 Å². The fourth-order valence-corrected chi connectivity index (χ4v) is 3.33. The Bertz CT molecular complexity index is 1020. The number of ketones is 1. The average Bonchev–Trinajstić information content (AvgIpc) is 3.01. The number of nitro benzene ring substituents is 1. The van der Waals surface area contributed by atoms with E-state index in [9.17, 15) is 29.2 Å². The molecule has 0 aliphatic carbocycles. The summed E-state index contributed by atoms with van der Waals surface area (Å²) in [6, 6.07) is 9.01. The van der Waals surface area contributed by atoms with Gasteiger partial charge in [-0.3, -0.25) is 19.7 Å². The second-order valence-electron chi connectivity index (χ2n) is 6.68. The number of aliphatic hydroxyl groups is 2. The van der Waals surface area contributed by atoms with Crippen molar-refractivity contribution < 1.29 is 33.9 Å². The molecule has 2 aromatic carbocycles. The van der Waals surface area contributed by atoms with Crippen molar-refractivity contribution in [3.63, 3.8) is 0 Å². The van der Waals surface area contributed by atoms with Crippen molar-refractivity contribution in [1.29, 1.82) is 0 Å². The first-order valence-corrected chi connectivity index (χ1v) is 9.32. The molecule has 2 aromatic rings. The van der Waals surface area contributed by atoms with Gasteiger partial charge in [0.15, 0.2) is 0 Å². The zero-order valence-electron chi connectivity index (χ0n) is 16.2. The Balaban J connectivity index is 2.05. The molecule has 31 heavy (non-hydrogen) atoms. The summed E-state index contributed by atoms with van der Waals surface area (Å²) in [5.74, 6) is -2.82. The molecule has 0 spiro atoms. The zero-order valence-corrected chi connectivity index (χ0v) is 16.2. The third-order valence-corrected chi connectivity index (χ3v) is 4.79. The first-order valence-electron chi connectivity index (χ1n) is 9.32. The fraction of sp³-hybridized carbons (Fsp3) is 0.238. The average molecular weight is 430 g/mol. The second-order valence-corrected chi connectivity index (χ2v) is 6.68. The van der Waals surface area contributed by atoms with Crippen LogP contribution in [0.1, 0.15) is 17.2 Å². The van der Waals surface area contributed by atoms with Gasteiger partial charge in [-0.05, 0) is 29.8 Å². The molecule has 1 aliphatic rings. The van der Waals surface area contributed by atoms with Gasteiger partial charge in [-0.25, -0.2) is 4.39 Å². The molecular formula is C21H19FN2O7. The van der Waals surface area contributed by atoms with Gasteiger partial charge in [-0.2, -0.15) is 0 Å². The number of Topliss-reactive ketones (excluding diaryl/α,β-unsaturated/α-hetero) is 1. The molecule has 0 radical (unpaired) electrons. The van der Waals surface area contributed by atoms with Crippen LogP contribution in [0.25, 0.3) is 5.76 Å². The van der Waals surface area contributed by atoms with Gasteiger partial charge < -0.3 is 19.8 Å². The van der Waals surface area contributed by atoms with Crippen LogP contribution in [0.5, 0.6) is 0 Å². The third-order valence-electron chi connectivity index (χ3n) is 4.79. The molecule has 1 fully saturated rings. The molecule has 1 atom stereocenters. The molecule has 1 aliphatic heterocycles. The highest BCUT2D eigenvalue weighted by atomic mass is 19.1. The topological polar surface area (TPSA) is 130 Å². The maximum Gasteiger partial charge on any atom is 0.295 e.